The second-order valence-corrected chi connectivity index (χ2v) is 9.99. The fourth-order valence-electron chi connectivity index (χ4n) is 3.51. The highest BCUT2D eigenvalue weighted by Gasteiger charge is 2.62. The molecular weight excluding hydrogens is 517 g/mol. The molecule has 14 heteroatoms. The number of nitrogen functional groups attached to an aromatic ring is 1. The first-order valence-electron chi connectivity index (χ1n) is 12.4. The standard InChI is InChI=1S/C25H34FN5O8/c1-12(2)21(32)36-10-25(26)18(38-23(34)14(5)6)17(37-22(33)13(3)4)20(39-25)31-9-16(29-11-31)15-8-28-24(35-7)30-19(15)27/h8-9,11-14,17-18,20H,10H2,1-7H3,(H2,27,28,30)/t17-,18?,20+,25+/m0/s1. The van der Waals surface area contributed by atoms with Crippen molar-refractivity contribution in [2.75, 3.05) is 19.5 Å². The van der Waals surface area contributed by atoms with E-state index in [9.17, 15) is 14.4 Å². The van der Waals surface area contributed by atoms with E-state index in [-0.39, 0.29) is 11.8 Å². The van der Waals surface area contributed by atoms with Gasteiger partial charge in [-0.1, -0.05) is 41.5 Å². The summed E-state index contributed by atoms with van der Waals surface area (Å²) in [5, 5.41) is 0. The molecule has 0 radical (unpaired) electrons. The normalized spacial score (nSPS) is 22.8. The molecule has 0 bridgehead atoms. The quantitative estimate of drug-likeness (QED) is 0.339. The average molecular weight is 552 g/mol. The van der Waals surface area contributed by atoms with Gasteiger partial charge in [-0.15, -0.1) is 0 Å². The number of aromatic nitrogens is 4. The van der Waals surface area contributed by atoms with Crippen molar-refractivity contribution < 1.29 is 42.5 Å². The minimum Gasteiger partial charge on any atom is -0.467 e. The van der Waals surface area contributed by atoms with Gasteiger partial charge >= 0.3 is 23.9 Å². The largest absolute Gasteiger partial charge is 0.467 e. The van der Waals surface area contributed by atoms with Gasteiger partial charge in [-0.25, -0.2) is 14.4 Å². The van der Waals surface area contributed by atoms with Gasteiger partial charge in [0.05, 0.1) is 42.4 Å². The van der Waals surface area contributed by atoms with Crippen molar-refractivity contribution in [1.29, 1.82) is 0 Å². The van der Waals surface area contributed by atoms with E-state index in [4.69, 9.17) is 29.4 Å². The van der Waals surface area contributed by atoms with Crippen LogP contribution in [0.1, 0.15) is 47.8 Å². The lowest BCUT2D eigenvalue weighted by molar-refractivity contribution is -0.226. The van der Waals surface area contributed by atoms with Crippen LogP contribution in [0.15, 0.2) is 18.7 Å². The van der Waals surface area contributed by atoms with E-state index < -0.39 is 66.6 Å². The fourth-order valence-corrected chi connectivity index (χ4v) is 3.51. The molecule has 1 unspecified atom stereocenters. The molecule has 0 spiro atoms. The Kier molecular flexibility index (Phi) is 9.10. The van der Waals surface area contributed by atoms with Crippen LogP contribution in [0.5, 0.6) is 6.01 Å². The Morgan fingerprint density at radius 3 is 2.23 bits per heavy atom. The van der Waals surface area contributed by atoms with E-state index in [1.807, 2.05) is 0 Å². The number of methoxy groups -OCH3 is 1. The summed E-state index contributed by atoms with van der Waals surface area (Å²) in [6.07, 6.45) is -0.431. The molecule has 214 valence electrons. The van der Waals surface area contributed by atoms with Crippen molar-refractivity contribution >= 4 is 23.7 Å². The van der Waals surface area contributed by atoms with E-state index in [2.05, 4.69) is 15.0 Å². The molecule has 1 saturated heterocycles. The molecule has 13 nitrogen and oxygen atoms in total. The Morgan fingerprint density at radius 1 is 1.05 bits per heavy atom. The van der Waals surface area contributed by atoms with Gasteiger partial charge in [0.25, 0.3) is 5.85 Å². The van der Waals surface area contributed by atoms with Crippen molar-refractivity contribution in [1.82, 2.24) is 19.5 Å². The lowest BCUT2D eigenvalue weighted by Crippen LogP contribution is -2.48. The number of nitrogens with zero attached hydrogens (tertiary/aromatic N) is 4. The van der Waals surface area contributed by atoms with Crippen LogP contribution in [0.4, 0.5) is 10.2 Å². The minimum absolute atomic E-state index is 0.0587. The summed E-state index contributed by atoms with van der Waals surface area (Å²) in [5.41, 5.74) is 6.66. The first-order valence-corrected chi connectivity index (χ1v) is 12.4. The lowest BCUT2D eigenvalue weighted by atomic mass is 10.1. The molecule has 0 aliphatic carbocycles. The zero-order valence-corrected chi connectivity index (χ0v) is 22.9. The minimum atomic E-state index is -2.85. The zero-order chi connectivity index (χ0) is 29.1. The number of hydrogen-bond donors (Lipinski definition) is 1. The smallest absolute Gasteiger partial charge is 0.318 e. The van der Waals surface area contributed by atoms with E-state index in [1.54, 1.807) is 41.5 Å². The third kappa shape index (κ3) is 6.61. The van der Waals surface area contributed by atoms with Crippen molar-refractivity contribution in [3.8, 4) is 17.3 Å². The highest BCUT2D eigenvalue weighted by molar-refractivity contribution is 5.73. The molecule has 0 amide bonds. The van der Waals surface area contributed by atoms with Gasteiger partial charge in [0.1, 0.15) is 5.82 Å². The molecule has 1 aliphatic heterocycles. The number of nitrogens with two attached hydrogens (primary N) is 1. The molecule has 1 fully saturated rings. The van der Waals surface area contributed by atoms with E-state index in [0.29, 0.717) is 11.3 Å². The van der Waals surface area contributed by atoms with E-state index in [1.165, 1.54) is 30.4 Å². The van der Waals surface area contributed by atoms with Gasteiger partial charge in [0, 0.05) is 12.4 Å². The highest BCUT2D eigenvalue weighted by atomic mass is 19.2. The summed E-state index contributed by atoms with van der Waals surface area (Å²) in [6.45, 7) is 8.56. The third-order valence-corrected chi connectivity index (χ3v) is 5.79. The number of ether oxygens (including phenoxy) is 5. The van der Waals surface area contributed by atoms with Gasteiger partial charge in [-0.05, 0) is 0 Å². The molecule has 0 saturated carbocycles. The van der Waals surface area contributed by atoms with Crippen molar-refractivity contribution in [3.05, 3.63) is 18.7 Å². The zero-order valence-electron chi connectivity index (χ0n) is 22.9. The lowest BCUT2D eigenvalue weighted by Gasteiger charge is -2.28. The second-order valence-electron chi connectivity index (χ2n) is 9.99. The van der Waals surface area contributed by atoms with Gasteiger partial charge in [0.15, 0.2) is 18.9 Å². The summed E-state index contributed by atoms with van der Waals surface area (Å²) >= 11 is 0. The Labute approximate surface area is 225 Å². The number of imidazole rings is 1. The summed E-state index contributed by atoms with van der Waals surface area (Å²) in [5.74, 6) is -6.69. The van der Waals surface area contributed by atoms with Gasteiger partial charge in [0.2, 0.25) is 6.10 Å². The van der Waals surface area contributed by atoms with Crippen molar-refractivity contribution in [2.45, 2.75) is 65.8 Å². The average Bonchev–Trinajstić information content (AvgIpc) is 3.46. The Hall–Kier alpha value is -3.81. The molecule has 2 N–H and O–H groups in total. The first kappa shape index (κ1) is 29.7. The molecule has 2 aromatic heterocycles. The van der Waals surface area contributed by atoms with Crippen LogP contribution in [-0.2, 0) is 33.3 Å². The molecule has 3 heterocycles. The Morgan fingerprint density at radius 2 is 1.67 bits per heavy atom. The van der Waals surface area contributed by atoms with E-state index >= 15 is 4.39 Å². The summed E-state index contributed by atoms with van der Waals surface area (Å²) in [4.78, 5) is 49.7. The topological polar surface area (TPSA) is 167 Å². The second kappa shape index (κ2) is 11.9. The van der Waals surface area contributed by atoms with Crippen LogP contribution < -0.4 is 10.5 Å². The highest BCUT2D eigenvalue weighted by Crippen LogP contribution is 2.43. The number of anilines is 1. The molecule has 0 aromatic carbocycles. The molecular formula is C25H34FN5O8. The Balaban J connectivity index is 2.03. The van der Waals surface area contributed by atoms with Crippen LogP contribution in [0, 0.1) is 17.8 Å². The maximum absolute atomic E-state index is 16.5. The maximum atomic E-state index is 16.5. The number of rotatable bonds is 10. The number of carbonyl (C=O) groups is 3. The summed E-state index contributed by atoms with van der Waals surface area (Å²) < 4.78 is 44.7. The van der Waals surface area contributed by atoms with Gasteiger partial charge in [-0.2, -0.15) is 4.98 Å². The van der Waals surface area contributed by atoms with Crippen LogP contribution in [-0.4, -0.2) is 69.2 Å². The van der Waals surface area contributed by atoms with Crippen LogP contribution in [0.2, 0.25) is 0 Å². The van der Waals surface area contributed by atoms with Crippen LogP contribution in [0.3, 0.4) is 0 Å². The van der Waals surface area contributed by atoms with Gasteiger partial charge < -0.3 is 34.0 Å². The number of halogens is 1. The molecule has 3 rings (SSSR count). The predicted octanol–water partition coefficient (Wildman–Crippen LogP) is 2.46. The first-order chi connectivity index (χ1) is 18.3. The van der Waals surface area contributed by atoms with Crippen molar-refractivity contribution in [2.24, 2.45) is 17.8 Å². The predicted molar refractivity (Wildman–Crippen MR) is 133 cm³/mol. The van der Waals surface area contributed by atoms with Crippen LogP contribution in [0.25, 0.3) is 11.3 Å². The SMILES string of the molecule is COc1ncc(-c2cn([C@@H]3O[C@](F)(COC(=O)C(C)C)C(OC(=O)C(C)C)[C@@H]3OC(=O)C(C)C)cn2)c(N)n1. The fraction of sp³-hybridized carbons (Fsp3) is 0.600. The molecule has 2 aromatic rings. The molecule has 4 atom stereocenters. The summed E-state index contributed by atoms with van der Waals surface area (Å²) in [6, 6.07) is 0.0587. The number of hydrogen-bond acceptors (Lipinski definition) is 12. The van der Waals surface area contributed by atoms with Gasteiger partial charge in [-0.3, -0.25) is 14.4 Å². The maximum Gasteiger partial charge on any atom is 0.318 e. The molecule has 1 aliphatic rings. The number of alkyl halides is 1. The summed E-state index contributed by atoms with van der Waals surface area (Å²) in [7, 11) is 1.39. The van der Waals surface area contributed by atoms with E-state index in [0.717, 1.165) is 0 Å². The number of esters is 3. The molecule has 39 heavy (non-hydrogen) atoms. The van der Waals surface area contributed by atoms with Crippen molar-refractivity contribution in [3.63, 3.8) is 0 Å². The number of carbonyl (C=O) groups excluding carboxylic acids is 3. The monoisotopic (exact) mass is 551 g/mol. The Bertz CT molecular complexity index is 1200. The van der Waals surface area contributed by atoms with Crippen LogP contribution >= 0.6 is 0 Å². The third-order valence-electron chi connectivity index (χ3n) is 5.79.